The smallest absolute Gasteiger partial charge is 0.476 e. The summed E-state index contributed by atoms with van der Waals surface area (Å²) in [6.07, 6.45) is -1.96. The fraction of sp³-hybridized carbons (Fsp3) is 0.182. The van der Waals surface area contributed by atoms with Crippen LogP contribution in [0.5, 0.6) is 0 Å². The summed E-state index contributed by atoms with van der Waals surface area (Å²) in [4.78, 5) is 24.1. The first-order chi connectivity index (χ1) is 10.1. The van der Waals surface area contributed by atoms with E-state index < -0.39 is 18.1 Å². The van der Waals surface area contributed by atoms with E-state index >= 15 is 0 Å². The van der Waals surface area contributed by atoms with Crippen molar-refractivity contribution in [1.29, 1.82) is 0 Å². The molecule has 0 saturated heterocycles. The van der Waals surface area contributed by atoms with E-state index in [0.717, 1.165) is 27.5 Å². The number of aromatic carboxylic acids is 1. The minimum Gasteiger partial charge on any atom is -0.476 e. The summed E-state index contributed by atoms with van der Waals surface area (Å²) in [6, 6.07) is 1.84. The van der Waals surface area contributed by atoms with Crippen LogP contribution in [0.3, 0.4) is 0 Å². The van der Waals surface area contributed by atoms with Gasteiger partial charge in [-0.15, -0.1) is 11.3 Å². The molecule has 0 unspecified atom stereocenters. The zero-order valence-corrected chi connectivity index (χ0v) is 11.6. The second kappa shape index (κ2) is 6.93. The number of carboxylic acid groups (broad SMARTS) is 2. The number of alkyl halides is 3. The van der Waals surface area contributed by atoms with Crippen LogP contribution in [0.15, 0.2) is 18.5 Å². The largest absolute Gasteiger partial charge is 0.490 e. The first-order valence-electron chi connectivity index (χ1n) is 5.40. The molecule has 0 aliphatic heterocycles. The van der Waals surface area contributed by atoms with E-state index in [-0.39, 0.29) is 5.01 Å². The number of aliphatic carboxylic acids is 1. The number of rotatable bonds is 2. The highest BCUT2D eigenvalue weighted by Gasteiger charge is 2.38. The summed E-state index contributed by atoms with van der Waals surface area (Å²) in [5.74, 6) is -3.77. The molecule has 0 aromatic carbocycles. The normalized spacial score (nSPS) is 10.5. The van der Waals surface area contributed by atoms with Crippen molar-refractivity contribution >= 4 is 23.3 Å². The SMILES string of the molecule is Cc1cc(-c2cnc(C(=O)O)s2)cnn1.O=C(O)C(F)(F)F. The van der Waals surface area contributed by atoms with Gasteiger partial charge in [-0.2, -0.15) is 23.4 Å². The Kier molecular flexibility index (Phi) is 5.51. The van der Waals surface area contributed by atoms with Gasteiger partial charge in [-0.05, 0) is 13.0 Å². The third kappa shape index (κ3) is 5.09. The second-order valence-electron chi connectivity index (χ2n) is 3.72. The maximum atomic E-state index is 10.6. The molecule has 0 atom stereocenters. The van der Waals surface area contributed by atoms with Gasteiger partial charge in [-0.3, -0.25) is 0 Å². The van der Waals surface area contributed by atoms with Crippen LogP contribution < -0.4 is 0 Å². The highest BCUT2D eigenvalue weighted by molar-refractivity contribution is 7.16. The maximum absolute atomic E-state index is 10.6. The molecule has 2 aromatic heterocycles. The van der Waals surface area contributed by atoms with Crippen molar-refractivity contribution < 1.29 is 33.0 Å². The zero-order chi connectivity index (χ0) is 16.9. The number of hydrogen-bond acceptors (Lipinski definition) is 6. The first-order valence-corrected chi connectivity index (χ1v) is 6.22. The van der Waals surface area contributed by atoms with Gasteiger partial charge < -0.3 is 10.2 Å². The number of carbonyl (C=O) groups is 2. The molecule has 118 valence electrons. The molecular formula is C11H8F3N3O4S. The zero-order valence-electron chi connectivity index (χ0n) is 10.8. The monoisotopic (exact) mass is 335 g/mol. The number of aromatic nitrogens is 3. The van der Waals surface area contributed by atoms with E-state index in [4.69, 9.17) is 15.0 Å². The molecule has 2 N–H and O–H groups in total. The fourth-order valence-corrected chi connectivity index (χ4v) is 1.85. The molecule has 0 aliphatic rings. The van der Waals surface area contributed by atoms with Gasteiger partial charge in [0.25, 0.3) is 0 Å². The van der Waals surface area contributed by atoms with Gasteiger partial charge in [0.1, 0.15) is 0 Å². The molecule has 2 rings (SSSR count). The number of nitrogens with zero attached hydrogens (tertiary/aromatic N) is 3. The summed E-state index contributed by atoms with van der Waals surface area (Å²) in [5, 5.41) is 23.5. The van der Waals surface area contributed by atoms with Gasteiger partial charge >= 0.3 is 18.1 Å². The molecule has 0 radical (unpaired) electrons. The van der Waals surface area contributed by atoms with Crippen molar-refractivity contribution in [2.24, 2.45) is 0 Å². The predicted molar refractivity (Wildman–Crippen MR) is 68.5 cm³/mol. The Hall–Kier alpha value is -2.56. The Bertz CT molecular complexity index is 687. The maximum Gasteiger partial charge on any atom is 0.490 e. The standard InChI is InChI=1S/C9H7N3O2S.C2HF3O2/c1-5-2-6(3-11-12-5)7-4-10-8(15-7)9(13)14;3-2(4,5)1(6)7/h2-4H,1H3,(H,13,14);(H,6,7). The molecule has 2 aromatic rings. The topological polar surface area (TPSA) is 113 Å². The molecule has 2 heterocycles. The lowest BCUT2D eigenvalue weighted by molar-refractivity contribution is -0.192. The number of carboxylic acids is 2. The Labute approximate surface area is 125 Å². The van der Waals surface area contributed by atoms with Gasteiger partial charge in [0.05, 0.1) is 16.8 Å². The molecule has 11 heteroatoms. The lowest BCUT2D eigenvalue weighted by Crippen LogP contribution is -2.21. The van der Waals surface area contributed by atoms with Gasteiger partial charge in [0.2, 0.25) is 5.01 Å². The summed E-state index contributed by atoms with van der Waals surface area (Å²) < 4.78 is 31.7. The minimum atomic E-state index is -5.08. The van der Waals surface area contributed by atoms with Gasteiger partial charge in [0, 0.05) is 11.8 Å². The van der Waals surface area contributed by atoms with Crippen LogP contribution in [-0.4, -0.2) is 43.5 Å². The Balaban J connectivity index is 0.000000295. The van der Waals surface area contributed by atoms with Crippen LogP contribution >= 0.6 is 11.3 Å². The fourth-order valence-electron chi connectivity index (χ4n) is 1.11. The van der Waals surface area contributed by atoms with Gasteiger partial charge in [0.15, 0.2) is 0 Å². The highest BCUT2D eigenvalue weighted by Crippen LogP contribution is 2.25. The third-order valence-electron chi connectivity index (χ3n) is 1.99. The highest BCUT2D eigenvalue weighted by atomic mass is 32.1. The quantitative estimate of drug-likeness (QED) is 0.865. The molecule has 7 nitrogen and oxygen atoms in total. The first kappa shape index (κ1) is 17.5. The van der Waals surface area contributed by atoms with Crippen LogP contribution in [-0.2, 0) is 4.79 Å². The summed E-state index contributed by atoms with van der Waals surface area (Å²) in [7, 11) is 0. The van der Waals surface area contributed by atoms with E-state index in [2.05, 4.69) is 15.2 Å². The molecule has 0 amide bonds. The minimum absolute atomic E-state index is 0.0828. The van der Waals surface area contributed by atoms with Crippen LogP contribution in [0, 0.1) is 6.92 Å². The van der Waals surface area contributed by atoms with Crippen LogP contribution in [0.1, 0.15) is 15.5 Å². The lowest BCUT2D eigenvalue weighted by Gasteiger charge is -1.95. The van der Waals surface area contributed by atoms with Gasteiger partial charge in [-0.25, -0.2) is 14.6 Å². The molecule has 22 heavy (non-hydrogen) atoms. The molecule has 0 bridgehead atoms. The number of aryl methyl sites for hydroxylation is 1. The van der Waals surface area contributed by atoms with E-state index in [1.807, 2.05) is 13.0 Å². The van der Waals surface area contributed by atoms with Gasteiger partial charge in [-0.1, -0.05) is 0 Å². The van der Waals surface area contributed by atoms with Crippen molar-refractivity contribution in [3.05, 3.63) is 29.2 Å². The number of thiazole rings is 1. The van der Waals surface area contributed by atoms with Crippen molar-refractivity contribution in [3.8, 4) is 10.4 Å². The van der Waals surface area contributed by atoms with Crippen molar-refractivity contribution in [2.45, 2.75) is 13.1 Å². The lowest BCUT2D eigenvalue weighted by atomic mass is 10.2. The molecule has 0 fully saturated rings. The summed E-state index contributed by atoms with van der Waals surface area (Å²) in [5.41, 5.74) is 1.63. The number of halogens is 3. The van der Waals surface area contributed by atoms with Crippen LogP contribution in [0.2, 0.25) is 0 Å². The molecule has 0 spiro atoms. The predicted octanol–water partition coefficient (Wildman–Crippen LogP) is 2.24. The molecule has 0 saturated carbocycles. The van der Waals surface area contributed by atoms with Crippen molar-refractivity contribution in [2.75, 3.05) is 0 Å². The Morgan fingerprint density at radius 1 is 1.23 bits per heavy atom. The van der Waals surface area contributed by atoms with Crippen molar-refractivity contribution in [3.63, 3.8) is 0 Å². The van der Waals surface area contributed by atoms with Crippen LogP contribution in [0.25, 0.3) is 10.4 Å². The average molecular weight is 335 g/mol. The Morgan fingerprint density at radius 2 is 1.82 bits per heavy atom. The van der Waals surface area contributed by atoms with E-state index in [1.54, 1.807) is 6.20 Å². The van der Waals surface area contributed by atoms with Crippen LogP contribution in [0.4, 0.5) is 13.2 Å². The Morgan fingerprint density at radius 3 is 2.23 bits per heavy atom. The number of hydrogen-bond donors (Lipinski definition) is 2. The summed E-state index contributed by atoms with van der Waals surface area (Å²) >= 11 is 1.12. The third-order valence-corrected chi connectivity index (χ3v) is 3.03. The van der Waals surface area contributed by atoms with E-state index in [1.165, 1.54) is 6.20 Å². The second-order valence-corrected chi connectivity index (χ2v) is 4.75. The molecule has 0 aliphatic carbocycles. The van der Waals surface area contributed by atoms with E-state index in [0.29, 0.717) is 0 Å². The summed E-state index contributed by atoms with van der Waals surface area (Å²) in [6.45, 7) is 1.83. The van der Waals surface area contributed by atoms with E-state index in [9.17, 15) is 18.0 Å². The average Bonchev–Trinajstić information content (AvgIpc) is 2.88. The molecular weight excluding hydrogens is 327 g/mol. The van der Waals surface area contributed by atoms with Crippen molar-refractivity contribution in [1.82, 2.24) is 15.2 Å².